The smallest absolute Gasteiger partial charge is 0.306 e. The van der Waals surface area contributed by atoms with Crippen molar-refractivity contribution in [3.8, 4) is 0 Å². The monoisotopic (exact) mass is 268 g/mol. The van der Waals surface area contributed by atoms with E-state index >= 15 is 0 Å². The third-order valence-electron chi connectivity index (χ3n) is 3.15. The molecule has 0 aliphatic carbocycles. The molecule has 0 radical (unpaired) electrons. The van der Waals surface area contributed by atoms with Crippen LogP contribution in [-0.4, -0.2) is 11.1 Å². The van der Waals surface area contributed by atoms with Gasteiger partial charge in [-0.15, -0.1) is 0 Å². The first-order chi connectivity index (χ1) is 8.63. The Morgan fingerprint density at radius 2 is 1.89 bits per heavy atom. The lowest BCUT2D eigenvalue weighted by Crippen LogP contribution is -2.16. The SMILES string of the molecule is CCCCCC[C@H](Cc1ccc(Cl)cc1)C(=O)O. The number of benzene rings is 1. The fourth-order valence-electron chi connectivity index (χ4n) is 2.04. The molecule has 1 atom stereocenters. The van der Waals surface area contributed by atoms with E-state index < -0.39 is 5.97 Å². The predicted molar refractivity (Wildman–Crippen MR) is 75.0 cm³/mol. The second-order valence-corrected chi connectivity index (χ2v) is 5.15. The molecule has 0 saturated carbocycles. The van der Waals surface area contributed by atoms with E-state index in [0.29, 0.717) is 11.4 Å². The topological polar surface area (TPSA) is 37.3 Å². The maximum Gasteiger partial charge on any atom is 0.306 e. The lowest BCUT2D eigenvalue weighted by Gasteiger charge is -2.12. The molecule has 1 rings (SSSR count). The Labute approximate surface area is 114 Å². The molecule has 0 unspecified atom stereocenters. The van der Waals surface area contributed by atoms with Crippen LogP contribution in [0.15, 0.2) is 24.3 Å². The number of carbonyl (C=O) groups is 1. The summed E-state index contributed by atoms with van der Waals surface area (Å²) in [4.78, 5) is 11.2. The van der Waals surface area contributed by atoms with Crippen molar-refractivity contribution in [2.75, 3.05) is 0 Å². The zero-order chi connectivity index (χ0) is 13.4. The first kappa shape index (κ1) is 15.0. The van der Waals surface area contributed by atoms with E-state index in [2.05, 4.69) is 6.92 Å². The molecule has 0 fully saturated rings. The molecule has 18 heavy (non-hydrogen) atoms. The summed E-state index contributed by atoms with van der Waals surface area (Å²) in [7, 11) is 0. The summed E-state index contributed by atoms with van der Waals surface area (Å²) in [5, 5.41) is 9.91. The van der Waals surface area contributed by atoms with Gasteiger partial charge in [0.1, 0.15) is 0 Å². The minimum Gasteiger partial charge on any atom is -0.481 e. The van der Waals surface area contributed by atoms with E-state index in [0.717, 1.165) is 24.8 Å². The van der Waals surface area contributed by atoms with Crippen LogP contribution >= 0.6 is 11.6 Å². The van der Waals surface area contributed by atoms with Gasteiger partial charge in [-0.05, 0) is 30.5 Å². The number of rotatable bonds is 8. The summed E-state index contributed by atoms with van der Waals surface area (Å²) < 4.78 is 0. The Morgan fingerprint density at radius 1 is 1.22 bits per heavy atom. The number of carboxylic acids is 1. The molecule has 0 aliphatic heterocycles. The zero-order valence-electron chi connectivity index (χ0n) is 10.9. The minimum absolute atomic E-state index is 0.275. The number of hydrogen-bond acceptors (Lipinski definition) is 1. The predicted octanol–water partition coefficient (Wildman–Crippen LogP) is 4.55. The molecule has 0 aromatic heterocycles. The molecule has 1 aromatic rings. The summed E-state index contributed by atoms with van der Waals surface area (Å²) in [6, 6.07) is 7.44. The quantitative estimate of drug-likeness (QED) is 0.702. The van der Waals surface area contributed by atoms with Crippen molar-refractivity contribution in [1.82, 2.24) is 0 Å². The summed E-state index contributed by atoms with van der Waals surface area (Å²) in [5.41, 5.74) is 1.04. The van der Waals surface area contributed by atoms with Crippen molar-refractivity contribution in [2.24, 2.45) is 5.92 Å². The van der Waals surface area contributed by atoms with Crippen LogP contribution in [0.2, 0.25) is 5.02 Å². The Balaban J connectivity index is 2.47. The van der Waals surface area contributed by atoms with Gasteiger partial charge in [0.05, 0.1) is 5.92 Å². The summed E-state index contributed by atoms with van der Waals surface area (Å²) >= 11 is 5.81. The van der Waals surface area contributed by atoms with Crippen LogP contribution < -0.4 is 0 Å². The first-order valence-corrected chi connectivity index (χ1v) is 6.98. The number of aliphatic carboxylic acids is 1. The van der Waals surface area contributed by atoms with Gasteiger partial charge >= 0.3 is 5.97 Å². The van der Waals surface area contributed by atoms with Crippen LogP contribution in [0.5, 0.6) is 0 Å². The van der Waals surface area contributed by atoms with Gasteiger partial charge in [0, 0.05) is 5.02 Å². The van der Waals surface area contributed by atoms with Crippen LogP contribution in [0.1, 0.15) is 44.6 Å². The third-order valence-corrected chi connectivity index (χ3v) is 3.40. The minimum atomic E-state index is -0.693. The van der Waals surface area contributed by atoms with Crippen molar-refractivity contribution in [3.63, 3.8) is 0 Å². The number of unbranched alkanes of at least 4 members (excludes halogenated alkanes) is 3. The summed E-state index contributed by atoms with van der Waals surface area (Å²) in [5.74, 6) is -0.968. The van der Waals surface area contributed by atoms with E-state index in [9.17, 15) is 9.90 Å². The summed E-state index contributed by atoms with van der Waals surface area (Å²) in [6.45, 7) is 2.16. The highest BCUT2D eigenvalue weighted by Gasteiger charge is 2.17. The van der Waals surface area contributed by atoms with Gasteiger partial charge in [-0.3, -0.25) is 4.79 Å². The fraction of sp³-hybridized carbons (Fsp3) is 0.533. The highest BCUT2D eigenvalue weighted by atomic mass is 35.5. The average molecular weight is 269 g/mol. The maximum absolute atomic E-state index is 11.2. The van der Waals surface area contributed by atoms with Crippen molar-refractivity contribution >= 4 is 17.6 Å². The highest BCUT2D eigenvalue weighted by Crippen LogP contribution is 2.18. The Morgan fingerprint density at radius 3 is 2.44 bits per heavy atom. The molecule has 1 aromatic carbocycles. The number of halogens is 1. The molecule has 0 bridgehead atoms. The van der Waals surface area contributed by atoms with E-state index in [1.807, 2.05) is 24.3 Å². The van der Waals surface area contributed by atoms with Crippen molar-refractivity contribution in [3.05, 3.63) is 34.9 Å². The fourth-order valence-corrected chi connectivity index (χ4v) is 2.16. The zero-order valence-corrected chi connectivity index (χ0v) is 11.6. The summed E-state index contributed by atoms with van der Waals surface area (Å²) in [6.07, 6.45) is 5.85. The van der Waals surface area contributed by atoms with Crippen molar-refractivity contribution in [1.29, 1.82) is 0 Å². The van der Waals surface area contributed by atoms with Crippen LogP contribution in [0.25, 0.3) is 0 Å². The van der Waals surface area contributed by atoms with E-state index in [-0.39, 0.29) is 5.92 Å². The van der Waals surface area contributed by atoms with Gasteiger partial charge in [-0.2, -0.15) is 0 Å². The molecule has 0 aliphatic rings. The lowest BCUT2D eigenvalue weighted by molar-refractivity contribution is -0.142. The molecule has 0 amide bonds. The normalized spacial score (nSPS) is 12.3. The standard InChI is InChI=1S/C15H21ClO2/c1-2-3-4-5-6-13(15(17)18)11-12-7-9-14(16)10-8-12/h7-10,13H,2-6,11H2,1H3,(H,17,18)/t13-/m1/s1. The first-order valence-electron chi connectivity index (χ1n) is 6.60. The van der Waals surface area contributed by atoms with E-state index in [1.165, 1.54) is 12.8 Å². The molecule has 3 heteroatoms. The van der Waals surface area contributed by atoms with Crippen LogP contribution in [-0.2, 0) is 11.2 Å². The average Bonchev–Trinajstić information content (AvgIpc) is 2.35. The Kier molecular flexibility index (Phi) is 6.81. The molecular weight excluding hydrogens is 248 g/mol. The second kappa shape index (κ2) is 8.15. The molecule has 2 nitrogen and oxygen atoms in total. The van der Waals surface area contributed by atoms with Gasteiger partial charge in [-0.1, -0.05) is 56.3 Å². The second-order valence-electron chi connectivity index (χ2n) is 4.72. The molecule has 0 heterocycles. The van der Waals surface area contributed by atoms with Gasteiger partial charge in [0.25, 0.3) is 0 Å². The van der Waals surface area contributed by atoms with Crippen LogP contribution in [0.3, 0.4) is 0 Å². The Bertz CT molecular complexity index is 359. The lowest BCUT2D eigenvalue weighted by atomic mass is 9.94. The molecular formula is C15H21ClO2. The molecule has 0 saturated heterocycles. The Hall–Kier alpha value is -1.02. The number of hydrogen-bond donors (Lipinski definition) is 1. The van der Waals surface area contributed by atoms with Crippen LogP contribution in [0, 0.1) is 5.92 Å². The number of carboxylic acid groups (broad SMARTS) is 1. The van der Waals surface area contributed by atoms with Gasteiger partial charge in [0.2, 0.25) is 0 Å². The van der Waals surface area contributed by atoms with Gasteiger partial charge in [0.15, 0.2) is 0 Å². The van der Waals surface area contributed by atoms with Crippen molar-refractivity contribution < 1.29 is 9.90 Å². The van der Waals surface area contributed by atoms with Gasteiger partial charge in [-0.25, -0.2) is 0 Å². The highest BCUT2D eigenvalue weighted by molar-refractivity contribution is 6.30. The van der Waals surface area contributed by atoms with E-state index in [1.54, 1.807) is 0 Å². The van der Waals surface area contributed by atoms with Gasteiger partial charge < -0.3 is 5.11 Å². The molecule has 0 spiro atoms. The van der Waals surface area contributed by atoms with E-state index in [4.69, 9.17) is 11.6 Å². The molecule has 1 N–H and O–H groups in total. The van der Waals surface area contributed by atoms with Crippen LogP contribution in [0.4, 0.5) is 0 Å². The maximum atomic E-state index is 11.2. The molecule has 100 valence electrons. The third kappa shape index (κ3) is 5.54. The largest absolute Gasteiger partial charge is 0.481 e. The van der Waals surface area contributed by atoms with Crippen molar-refractivity contribution in [2.45, 2.75) is 45.4 Å².